The van der Waals surface area contributed by atoms with Gasteiger partial charge in [-0.15, -0.1) is 11.3 Å². The Hall–Kier alpha value is -2.34. The molecule has 1 amide bonds. The van der Waals surface area contributed by atoms with Crippen LogP contribution in [0.2, 0.25) is 0 Å². The van der Waals surface area contributed by atoms with Crippen molar-refractivity contribution in [2.75, 3.05) is 5.32 Å². The van der Waals surface area contributed by atoms with Crippen molar-refractivity contribution in [3.63, 3.8) is 0 Å². The van der Waals surface area contributed by atoms with E-state index in [1.807, 2.05) is 6.07 Å². The quantitative estimate of drug-likeness (QED) is 0.631. The lowest BCUT2D eigenvalue weighted by Gasteiger charge is -2.03. The Labute approximate surface area is 136 Å². The molecule has 6 heteroatoms. The van der Waals surface area contributed by atoms with Gasteiger partial charge in [0.05, 0.1) is 15.9 Å². The van der Waals surface area contributed by atoms with Crippen molar-refractivity contribution in [1.29, 1.82) is 0 Å². The molecule has 2 aromatic heterocycles. The number of nitrogens with one attached hydrogen (secondary N) is 3. The van der Waals surface area contributed by atoms with Crippen LogP contribution in [0.15, 0.2) is 29.1 Å². The molecule has 3 aromatic rings. The van der Waals surface area contributed by atoms with Crippen LogP contribution in [-0.2, 0) is 12.8 Å². The first-order valence-electron chi connectivity index (χ1n) is 7.84. The van der Waals surface area contributed by atoms with E-state index in [2.05, 4.69) is 15.3 Å². The average Bonchev–Trinajstić information content (AvgIpc) is 3.03. The summed E-state index contributed by atoms with van der Waals surface area (Å²) < 4.78 is 0. The lowest BCUT2D eigenvalue weighted by molar-refractivity contribution is 0.103. The molecule has 0 saturated heterocycles. The first kappa shape index (κ1) is 14.3. The first-order chi connectivity index (χ1) is 11.2. The molecule has 1 aliphatic carbocycles. The van der Waals surface area contributed by atoms with E-state index in [0.717, 1.165) is 23.2 Å². The fourth-order valence-electron chi connectivity index (χ4n) is 3.08. The third kappa shape index (κ3) is 2.82. The molecule has 1 aliphatic rings. The maximum Gasteiger partial charge on any atom is 0.323 e. The number of imidazole rings is 1. The zero-order valence-corrected chi connectivity index (χ0v) is 13.4. The number of rotatable bonds is 2. The number of hydrogen-bond acceptors (Lipinski definition) is 3. The normalized spacial score (nSPS) is 14.4. The standard InChI is InChI=1S/C17H17N3O2S/c21-16(15-8-10-4-2-1-3-5-14(10)23-15)18-11-6-7-12-13(9-11)20-17(22)19-12/h6-9H,1-5H2,(H,18,21)(H2,19,20,22). The van der Waals surface area contributed by atoms with Gasteiger partial charge in [-0.1, -0.05) is 6.42 Å². The summed E-state index contributed by atoms with van der Waals surface area (Å²) in [6.07, 6.45) is 5.87. The van der Waals surface area contributed by atoms with E-state index in [4.69, 9.17) is 0 Å². The van der Waals surface area contributed by atoms with Gasteiger partial charge in [-0.3, -0.25) is 4.79 Å². The Balaban J connectivity index is 1.57. The van der Waals surface area contributed by atoms with Gasteiger partial charge in [-0.2, -0.15) is 0 Å². The van der Waals surface area contributed by atoms with Gasteiger partial charge in [0, 0.05) is 10.6 Å². The smallest absolute Gasteiger partial charge is 0.321 e. The minimum absolute atomic E-state index is 0.0830. The molecule has 0 bridgehead atoms. The molecule has 3 N–H and O–H groups in total. The third-order valence-electron chi connectivity index (χ3n) is 4.24. The number of carbonyl (C=O) groups is 1. The minimum atomic E-state index is -0.245. The van der Waals surface area contributed by atoms with Crippen molar-refractivity contribution in [2.24, 2.45) is 0 Å². The summed E-state index contributed by atoms with van der Waals surface area (Å²) in [6.45, 7) is 0. The van der Waals surface area contributed by atoms with Crippen LogP contribution >= 0.6 is 11.3 Å². The van der Waals surface area contributed by atoms with E-state index in [9.17, 15) is 9.59 Å². The number of anilines is 1. The van der Waals surface area contributed by atoms with Gasteiger partial charge in [0.25, 0.3) is 5.91 Å². The zero-order valence-electron chi connectivity index (χ0n) is 12.6. The summed E-state index contributed by atoms with van der Waals surface area (Å²) >= 11 is 1.61. The number of aromatic amines is 2. The van der Waals surface area contributed by atoms with Gasteiger partial charge >= 0.3 is 5.69 Å². The number of benzene rings is 1. The molecule has 5 nitrogen and oxygen atoms in total. The molecule has 0 atom stereocenters. The molecule has 0 fully saturated rings. The summed E-state index contributed by atoms with van der Waals surface area (Å²) in [5, 5.41) is 2.92. The highest BCUT2D eigenvalue weighted by molar-refractivity contribution is 7.14. The van der Waals surface area contributed by atoms with Crippen LogP contribution in [-0.4, -0.2) is 15.9 Å². The molecule has 118 valence electrons. The summed E-state index contributed by atoms with van der Waals surface area (Å²) in [7, 11) is 0. The zero-order chi connectivity index (χ0) is 15.8. The highest BCUT2D eigenvalue weighted by atomic mass is 32.1. The molecule has 2 heterocycles. The number of carbonyl (C=O) groups excluding carboxylic acids is 1. The maximum absolute atomic E-state index is 12.5. The summed E-state index contributed by atoms with van der Waals surface area (Å²) in [4.78, 5) is 31.3. The van der Waals surface area contributed by atoms with Crippen LogP contribution in [0.5, 0.6) is 0 Å². The number of aromatic nitrogens is 2. The van der Waals surface area contributed by atoms with E-state index in [-0.39, 0.29) is 11.6 Å². The van der Waals surface area contributed by atoms with Crippen molar-refractivity contribution < 1.29 is 4.79 Å². The van der Waals surface area contributed by atoms with Crippen LogP contribution in [0.4, 0.5) is 5.69 Å². The molecule has 0 saturated carbocycles. The highest BCUT2D eigenvalue weighted by Crippen LogP contribution is 2.29. The van der Waals surface area contributed by atoms with Gasteiger partial charge in [0.2, 0.25) is 0 Å². The monoisotopic (exact) mass is 327 g/mol. The van der Waals surface area contributed by atoms with E-state index < -0.39 is 0 Å². The molecule has 0 radical (unpaired) electrons. The predicted octanol–water partition coefficient (Wildman–Crippen LogP) is 3.44. The second-order valence-electron chi connectivity index (χ2n) is 5.91. The molecular weight excluding hydrogens is 310 g/mol. The lowest BCUT2D eigenvalue weighted by Crippen LogP contribution is -2.10. The van der Waals surface area contributed by atoms with Crippen LogP contribution in [0.25, 0.3) is 11.0 Å². The number of H-pyrrole nitrogens is 2. The second-order valence-corrected chi connectivity index (χ2v) is 7.05. The summed E-state index contributed by atoms with van der Waals surface area (Å²) in [6, 6.07) is 7.38. The van der Waals surface area contributed by atoms with Crippen molar-refractivity contribution in [1.82, 2.24) is 9.97 Å². The van der Waals surface area contributed by atoms with Gasteiger partial charge in [-0.05, 0) is 55.5 Å². The van der Waals surface area contributed by atoms with Crippen LogP contribution in [0, 0.1) is 0 Å². The molecule has 4 rings (SSSR count). The number of hydrogen-bond donors (Lipinski definition) is 3. The van der Waals surface area contributed by atoms with Gasteiger partial charge in [0.15, 0.2) is 0 Å². The number of aryl methyl sites for hydroxylation is 2. The largest absolute Gasteiger partial charge is 0.323 e. The number of fused-ring (bicyclic) bond motifs is 2. The first-order valence-corrected chi connectivity index (χ1v) is 8.66. The molecular formula is C17H17N3O2S. The van der Waals surface area contributed by atoms with Crippen LogP contribution in [0.3, 0.4) is 0 Å². The molecule has 1 aromatic carbocycles. The average molecular weight is 327 g/mol. The van der Waals surface area contributed by atoms with Crippen LogP contribution < -0.4 is 11.0 Å². The topological polar surface area (TPSA) is 77.8 Å². The molecule has 0 aliphatic heterocycles. The van der Waals surface area contributed by atoms with E-state index >= 15 is 0 Å². The van der Waals surface area contributed by atoms with E-state index in [1.54, 1.807) is 29.5 Å². The summed E-state index contributed by atoms with van der Waals surface area (Å²) in [5.41, 5.74) is 3.19. The van der Waals surface area contributed by atoms with E-state index in [0.29, 0.717) is 11.2 Å². The Bertz CT molecular complexity index is 911. The van der Waals surface area contributed by atoms with Crippen LogP contribution in [0.1, 0.15) is 39.4 Å². The molecule has 0 spiro atoms. The Kier molecular flexibility index (Phi) is 3.53. The fourth-order valence-corrected chi connectivity index (χ4v) is 4.23. The third-order valence-corrected chi connectivity index (χ3v) is 5.48. The van der Waals surface area contributed by atoms with Crippen molar-refractivity contribution in [3.05, 3.63) is 50.1 Å². The van der Waals surface area contributed by atoms with Gasteiger partial charge < -0.3 is 15.3 Å². The van der Waals surface area contributed by atoms with Gasteiger partial charge in [0.1, 0.15) is 0 Å². The molecule has 0 unspecified atom stereocenters. The van der Waals surface area contributed by atoms with Crippen molar-refractivity contribution >= 4 is 34.0 Å². The fraction of sp³-hybridized carbons (Fsp3) is 0.294. The predicted molar refractivity (Wildman–Crippen MR) is 92.5 cm³/mol. The lowest BCUT2D eigenvalue weighted by atomic mass is 10.1. The van der Waals surface area contributed by atoms with E-state index in [1.165, 1.54) is 29.7 Å². The molecule has 23 heavy (non-hydrogen) atoms. The summed E-state index contributed by atoms with van der Waals surface area (Å²) in [5.74, 6) is -0.0830. The maximum atomic E-state index is 12.5. The van der Waals surface area contributed by atoms with Crippen molar-refractivity contribution in [3.8, 4) is 0 Å². The minimum Gasteiger partial charge on any atom is -0.321 e. The second kappa shape index (κ2) is 5.70. The van der Waals surface area contributed by atoms with Crippen molar-refractivity contribution in [2.45, 2.75) is 32.1 Å². The number of amides is 1. The van der Waals surface area contributed by atoms with Gasteiger partial charge in [-0.25, -0.2) is 4.79 Å². The Morgan fingerprint density at radius 3 is 2.78 bits per heavy atom. The Morgan fingerprint density at radius 2 is 1.87 bits per heavy atom. The highest BCUT2D eigenvalue weighted by Gasteiger charge is 2.16. The number of thiophene rings is 1. The SMILES string of the molecule is O=C(Nc1ccc2[nH]c(=O)[nH]c2c1)c1cc2c(s1)CCCCC2. The Morgan fingerprint density at radius 1 is 1.04 bits per heavy atom.